The summed E-state index contributed by atoms with van der Waals surface area (Å²) in [5, 5.41) is 0. The van der Waals surface area contributed by atoms with E-state index in [2.05, 4.69) is 6.92 Å². The van der Waals surface area contributed by atoms with Gasteiger partial charge in [0.25, 0.3) is 0 Å². The van der Waals surface area contributed by atoms with Gasteiger partial charge in [0, 0.05) is 30.8 Å². The van der Waals surface area contributed by atoms with E-state index in [9.17, 15) is 13.2 Å². The fourth-order valence-corrected chi connectivity index (χ4v) is 2.63. The Morgan fingerprint density at radius 3 is 2.58 bits per heavy atom. The van der Waals surface area contributed by atoms with Crippen molar-refractivity contribution in [2.24, 2.45) is 11.7 Å². The number of hydrogen-bond donors (Lipinski definition) is 1. The first-order chi connectivity index (χ1) is 9.01. The third-order valence-corrected chi connectivity index (χ3v) is 3.88. The molecule has 1 fully saturated rings. The summed E-state index contributed by atoms with van der Waals surface area (Å²) in [5.74, 6) is -2.46. The van der Waals surface area contributed by atoms with Crippen molar-refractivity contribution in [2.75, 3.05) is 13.1 Å². The van der Waals surface area contributed by atoms with Crippen molar-refractivity contribution in [2.45, 2.75) is 32.4 Å². The molecule has 0 radical (unpaired) electrons. The van der Waals surface area contributed by atoms with Crippen LogP contribution in [0.3, 0.4) is 0 Å². The summed E-state index contributed by atoms with van der Waals surface area (Å²) >= 11 is 0. The molecule has 106 valence electrons. The number of hydrogen-bond acceptors (Lipinski definition) is 2. The quantitative estimate of drug-likeness (QED) is 0.857. The molecule has 0 aliphatic carbocycles. The third kappa shape index (κ3) is 3.28. The molecule has 5 heteroatoms. The van der Waals surface area contributed by atoms with Gasteiger partial charge in [0.1, 0.15) is 5.82 Å². The van der Waals surface area contributed by atoms with Crippen LogP contribution >= 0.6 is 0 Å². The van der Waals surface area contributed by atoms with Gasteiger partial charge in [0.05, 0.1) is 0 Å². The van der Waals surface area contributed by atoms with Crippen molar-refractivity contribution in [3.8, 4) is 0 Å². The Labute approximate surface area is 111 Å². The van der Waals surface area contributed by atoms with Crippen molar-refractivity contribution >= 4 is 0 Å². The second kappa shape index (κ2) is 5.92. The summed E-state index contributed by atoms with van der Waals surface area (Å²) in [6, 6.07) is 1.73. The zero-order valence-corrected chi connectivity index (χ0v) is 11.0. The molecule has 1 heterocycles. The minimum absolute atomic E-state index is 0.177. The summed E-state index contributed by atoms with van der Waals surface area (Å²) < 4.78 is 39.6. The molecule has 0 saturated carbocycles. The van der Waals surface area contributed by atoms with Gasteiger partial charge in [-0.3, -0.25) is 4.90 Å². The van der Waals surface area contributed by atoms with E-state index in [1.54, 1.807) is 0 Å². The van der Waals surface area contributed by atoms with Gasteiger partial charge in [-0.05, 0) is 24.9 Å². The van der Waals surface area contributed by atoms with Crippen LogP contribution in [0.5, 0.6) is 0 Å². The van der Waals surface area contributed by atoms with Crippen LogP contribution in [0.1, 0.15) is 25.3 Å². The van der Waals surface area contributed by atoms with Crippen molar-refractivity contribution in [1.82, 2.24) is 4.90 Å². The Kier molecular flexibility index (Phi) is 4.47. The SMILES string of the molecule is CCC1CN(Cc2cc(F)c(F)cc2F)CCC1N. The topological polar surface area (TPSA) is 29.3 Å². The Balaban J connectivity index is 2.07. The summed E-state index contributed by atoms with van der Waals surface area (Å²) in [5.41, 5.74) is 6.21. The second-order valence-corrected chi connectivity index (χ2v) is 5.21. The lowest BCUT2D eigenvalue weighted by molar-refractivity contribution is 0.144. The fraction of sp³-hybridized carbons (Fsp3) is 0.571. The first-order valence-corrected chi connectivity index (χ1v) is 6.62. The van der Waals surface area contributed by atoms with Crippen LogP contribution in [0.4, 0.5) is 13.2 Å². The van der Waals surface area contributed by atoms with Crippen molar-refractivity contribution in [3.05, 3.63) is 35.1 Å². The third-order valence-electron chi connectivity index (χ3n) is 3.88. The second-order valence-electron chi connectivity index (χ2n) is 5.21. The van der Waals surface area contributed by atoms with Crippen molar-refractivity contribution in [1.29, 1.82) is 0 Å². The first kappa shape index (κ1) is 14.3. The van der Waals surface area contributed by atoms with Crippen LogP contribution in [0.25, 0.3) is 0 Å². The van der Waals surface area contributed by atoms with Gasteiger partial charge >= 0.3 is 0 Å². The van der Waals surface area contributed by atoms with Gasteiger partial charge in [-0.2, -0.15) is 0 Å². The Bertz CT molecular complexity index is 451. The molecule has 2 unspecified atom stereocenters. The monoisotopic (exact) mass is 272 g/mol. The molecular weight excluding hydrogens is 253 g/mol. The number of halogens is 3. The molecule has 1 saturated heterocycles. The summed E-state index contributed by atoms with van der Waals surface area (Å²) in [6.45, 7) is 3.91. The van der Waals surface area contributed by atoms with E-state index < -0.39 is 17.5 Å². The highest BCUT2D eigenvalue weighted by molar-refractivity contribution is 5.20. The molecule has 1 aliphatic rings. The molecule has 1 aromatic rings. The van der Waals surface area contributed by atoms with E-state index in [1.807, 2.05) is 4.90 Å². The number of likely N-dealkylation sites (tertiary alicyclic amines) is 1. The van der Waals surface area contributed by atoms with Crippen LogP contribution in [0.2, 0.25) is 0 Å². The average molecular weight is 272 g/mol. The van der Waals surface area contributed by atoms with Crippen LogP contribution in [-0.2, 0) is 6.54 Å². The lowest BCUT2D eigenvalue weighted by atomic mass is 9.90. The Morgan fingerprint density at radius 1 is 1.21 bits per heavy atom. The highest BCUT2D eigenvalue weighted by atomic mass is 19.2. The number of piperidine rings is 1. The number of nitrogens with zero attached hydrogens (tertiary/aromatic N) is 1. The number of rotatable bonds is 3. The number of nitrogens with two attached hydrogens (primary N) is 1. The maximum Gasteiger partial charge on any atom is 0.161 e. The Hall–Kier alpha value is -1.07. The predicted octanol–water partition coefficient (Wildman–Crippen LogP) is 2.66. The molecule has 2 nitrogen and oxygen atoms in total. The minimum Gasteiger partial charge on any atom is -0.327 e. The summed E-state index contributed by atoms with van der Waals surface area (Å²) in [7, 11) is 0. The standard InChI is InChI=1S/C14H19F3N2/c1-2-9-7-19(4-3-14(9)18)8-10-5-12(16)13(17)6-11(10)15/h5-6,9,14H,2-4,7-8,18H2,1H3. The molecule has 0 amide bonds. The predicted molar refractivity (Wildman–Crippen MR) is 68.0 cm³/mol. The molecule has 1 aliphatic heterocycles. The first-order valence-electron chi connectivity index (χ1n) is 6.62. The summed E-state index contributed by atoms with van der Waals surface area (Å²) in [6.07, 6.45) is 1.82. The molecule has 0 spiro atoms. The maximum absolute atomic E-state index is 13.6. The van der Waals surface area contributed by atoms with E-state index in [0.29, 0.717) is 18.5 Å². The van der Waals surface area contributed by atoms with Gasteiger partial charge < -0.3 is 5.73 Å². The van der Waals surface area contributed by atoms with Crippen LogP contribution in [0.15, 0.2) is 12.1 Å². The normalized spacial score (nSPS) is 24.7. The van der Waals surface area contributed by atoms with E-state index >= 15 is 0 Å². The van der Waals surface area contributed by atoms with Gasteiger partial charge in [-0.15, -0.1) is 0 Å². The van der Waals surface area contributed by atoms with Gasteiger partial charge in [0.2, 0.25) is 0 Å². The maximum atomic E-state index is 13.6. The summed E-state index contributed by atoms with van der Waals surface area (Å²) in [4.78, 5) is 2.05. The smallest absolute Gasteiger partial charge is 0.161 e. The zero-order valence-electron chi connectivity index (χ0n) is 11.0. The van der Waals surface area contributed by atoms with E-state index in [0.717, 1.165) is 32.0 Å². The number of benzene rings is 1. The zero-order chi connectivity index (χ0) is 14.0. The molecule has 1 aromatic carbocycles. The van der Waals surface area contributed by atoms with Crippen LogP contribution in [0, 0.1) is 23.4 Å². The molecule has 0 bridgehead atoms. The Morgan fingerprint density at radius 2 is 1.89 bits per heavy atom. The van der Waals surface area contributed by atoms with Crippen LogP contribution < -0.4 is 5.73 Å². The van der Waals surface area contributed by atoms with E-state index in [-0.39, 0.29) is 11.6 Å². The van der Waals surface area contributed by atoms with E-state index in [4.69, 9.17) is 5.73 Å². The minimum atomic E-state index is -1.15. The van der Waals surface area contributed by atoms with E-state index in [1.165, 1.54) is 0 Å². The fourth-order valence-electron chi connectivity index (χ4n) is 2.63. The van der Waals surface area contributed by atoms with Crippen molar-refractivity contribution in [3.63, 3.8) is 0 Å². The highest BCUT2D eigenvalue weighted by Crippen LogP contribution is 2.22. The highest BCUT2D eigenvalue weighted by Gasteiger charge is 2.25. The van der Waals surface area contributed by atoms with Gasteiger partial charge in [-0.25, -0.2) is 13.2 Å². The van der Waals surface area contributed by atoms with Crippen molar-refractivity contribution < 1.29 is 13.2 Å². The molecule has 2 N–H and O–H groups in total. The van der Waals surface area contributed by atoms with Gasteiger partial charge in [0.15, 0.2) is 11.6 Å². The molecule has 2 atom stereocenters. The lowest BCUT2D eigenvalue weighted by Crippen LogP contribution is -2.46. The molecular formula is C14H19F3N2. The largest absolute Gasteiger partial charge is 0.327 e. The van der Waals surface area contributed by atoms with Gasteiger partial charge in [-0.1, -0.05) is 13.3 Å². The molecule has 0 aromatic heterocycles. The molecule has 19 heavy (non-hydrogen) atoms. The van der Waals surface area contributed by atoms with Crippen LogP contribution in [-0.4, -0.2) is 24.0 Å². The molecule has 2 rings (SSSR count). The average Bonchev–Trinajstić information content (AvgIpc) is 2.38. The lowest BCUT2D eigenvalue weighted by Gasteiger charge is -2.36.